The number of fused-ring (bicyclic) bond motifs is 3. The van der Waals surface area contributed by atoms with Gasteiger partial charge in [-0.05, 0) is 0 Å². The van der Waals surface area contributed by atoms with Gasteiger partial charge in [-0.1, -0.05) is 91.0 Å². The zero-order chi connectivity index (χ0) is 22.0. The first kappa shape index (κ1) is 21.0. The van der Waals surface area contributed by atoms with Crippen molar-refractivity contribution in [2.45, 2.75) is 43.3 Å². The van der Waals surface area contributed by atoms with Gasteiger partial charge in [0.2, 0.25) is 0 Å². The minimum Gasteiger partial charge on any atom is -0.346 e. The summed E-state index contributed by atoms with van der Waals surface area (Å²) < 4.78 is 37.9. The lowest BCUT2D eigenvalue weighted by Crippen LogP contribution is -2.55. The van der Waals surface area contributed by atoms with Crippen LogP contribution in [0.25, 0.3) is 0 Å². The predicted molar refractivity (Wildman–Crippen MR) is 119 cm³/mol. The second-order valence-corrected chi connectivity index (χ2v) is 8.44. The Bertz CT molecular complexity index is 965. The molecule has 33 heavy (non-hydrogen) atoms. The van der Waals surface area contributed by atoms with Crippen LogP contribution in [-0.4, -0.2) is 37.6 Å². The monoisotopic (exact) mass is 446 g/mol. The summed E-state index contributed by atoms with van der Waals surface area (Å²) >= 11 is 0. The molecule has 0 bridgehead atoms. The highest BCUT2D eigenvalue weighted by Crippen LogP contribution is 2.41. The van der Waals surface area contributed by atoms with Crippen LogP contribution in [0.2, 0.25) is 0 Å². The Kier molecular flexibility index (Phi) is 5.94. The average Bonchev–Trinajstić information content (AvgIpc) is 3.06. The van der Waals surface area contributed by atoms with Crippen molar-refractivity contribution in [2.75, 3.05) is 13.2 Å². The topological polar surface area (TPSA) is 55.4 Å². The molecule has 2 unspecified atom stereocenters. The number of benzene rings is 3. The third-order valence-corrected chi connectivity index (χ3v) is 6.25. The molecule has 0 N–H and O–H groups in total. The maximum Gasteiger partial charge on any atom is 0.184 e. The van der Waals surface area contributed by atoms with Gasteiger partial charge in [-0.25, -0.2) is 0 Å². The van der Waals surface area contributed by atoms with E-state index in [2.05, 4.69) is 0 Å². The van der Waals surface area contributed by atoms with Crippen LogP contribution >= 0.6 is 0 Å². The lowest BCUT2D eigenvalue weighted by atomic mass is 10.0. The molecule has 0 amide bonds. The minimum absolute atomic E-state index is 0.348. The Morgan fingerprint density at radius 1 is 0.424 bits per heavy atom. The van der Waals surface area contributed by atoms with E-state index in [4.69, 9.17) is 28.4 Å². The highest BCUT2D eigenvalue weighted by Gasteiger charge is 2.50. The molecule has 3 aromatic carbocycles. The van der Waals surface area contributed by atoms with Crippen molar-refractivity contribution >= 4 is 0 Å². The predicted octanol–water partition coefficient (Wildman–Crippen LogP) is 4.70. The van der Waals surface area contributed by atoms with E-state index in [1.54, 1.807) is 0 Å². The summed E-state index contributed by atoms with van der Waals surface area (Å²) in [6, 6.07) is 29.8. The molecule has 6 heteroatoms. The molecular formula is C27H26O6. The van der Waals surface area contributed by atoms with Crippen LogP contribution in [0.4, 0.5) is 0 Å². The third-order valence-electron chi connectivity index (χ3n) is 6.25. The first-order valence-corrected chi connectivity index (χ1v) is 11.3. The summed E-state index contributed by atoms with van der Waals surface area (Å²) in [4.78, 5) is 0. The summed E-state index contributed by atoms with van der Waals surface area (Å²) in [5, 5.41) is 0. The fraction of sp³-hybridized carbons (Fsp3) is 0.333. The fourth-order valence-electron chi connectivity index (χ4n) is 4.59. The van der Waals surface area contributed by atoms with Crippen molar-refractivity contribution in [1.29, 1.82) is 0 Å². The molecule has 6 rings (SSSR count). The molecule has 3 fully saturated rings. The molecule has 0 aliphatic carbocycles. The van der Waals surface area contributed by atoms with Crippen molar-refractivity contribution in [3.05, 3.63) is 108 Å². The number of hydrogen-bond acceptors (Lipinski definition) is 6. The molecule has 3 aliphatic heterocycles. The van der Waals surface area contributed by atoms with Gasteiger partial charge in [0.25, 0.3) is 0 Å². The molecule has 3 aliphatic rings. The summed E-state index contributed by atoms with van der Waals surface area (Å²) in [6.07, 6.45) is -3.00. The maximum atomic E-state index is 6.49. The van der Waals surface area contributed by atoms with E-state index >= 15 is 0 Å². The lowest BCUT2D eigenvalue weighted by molar-refractivity contribution is -0.319. The normalized spacial score (nSPS) is 34.0. The molecule has 6 nitrogen and oxygen atoms in total. The van der Waals surface area contributed by atoms with Gasteiger partial charge in [-0.2, -0.15) is 0 Å². The molecule has 0 spiro atoms. The first-order chi connectivity index (χ1) is 16.3. The molecule has 3 aromatic rings. The SMILES string of the molecule is c1ccc(C2OC[C@H]3OC(c4ccccc4)O[C@@H]4COC(c5ccccc5)O[C@H]4[C@@H]3O2)cc1. The van der Waals surface area contributed by atoms with E-state index in [9.17, 15) is 0 Å². The van der Waals surface area contributed by atoms with Gasteiger partial charge in [0.15, 0.2) is 18.9 Å². The molecule has 3 heterocycles. The zero-order valence-corrected chi connectivity index (χ0v) is 18.1. The van der Waals surface area contributed by atoms with Gasteiger partial charge < -0.3 is 28.4 Å². The number of rotatable bonds is 3. The molecule has 0 saturated carbocycles. The van der Waals surface area contributed by atoms with Gasteiger partial charge in [-0.15, -0.1) is 0 Å². The minimum atomic E-state index is -0.561. The van der Waals surface area contributed by atoms with Crippen LogP contribution in [0.1, 0.15) is 35.6 Å². The van der Waals surface area contributed by atoms with Gasteiger partial charge >= 0.3 is 0 Å². The highest BCUT2D eigenvalue weighted by atomic mass is 16.8. The molecule has 3 saturated heterocycles. The van der Waals surface area contributed by atoms with Gasteiger partial charge in [0.05, 0.1) is 13.2 Å². The Morgan fingerprint density at radius 2 is 0.788 bits per heavy atom. The summed E-state index contributed by atoms with van der Waals surface area (Å²) in [5.41, 5.74) is 2.86. The van der Waals surface area contributed by atoms with E-state index in [1.165, 1.54) is 0 Å². The Balaban J connectivity index is 1.31. The van der Waals surface area contributed by atoms with Gasteiger partial charge in [-0.3, -0.25) is 0 Å². The summed E-state index contributed by atoms with van der Waals surface area (Å²) in [6.45, 7) is 0.751. The maximum absolute atomic E-state index is 6.49. The fourth-order valence-corrected chi connectivity index (χ4v) is 4.59. The van der Waals surface area contributed by atoms with Gasteiger partial charge in [0, 0.05) is 16.7 Å². The second kappa shape index (κ2) is 9.35. The van der Waals surface area contributed by atoms with Crippen LogP contribution in [0.15, 0.2) is 91.0 Å². The highest BCUT2D eigenvalue weighted by molar-refractivity contribution is 5.19. The zero-order valence-electron chi connectivity index (χ0n) is 18.1. The average molecular weight is 446 g/mol. The summed E-state index contributed by atoms with van der Waals surface area (Å²) in [7, 11) is 0. The third kappa shape index (κ3) is 4.34. The summed E-state index contributed by atoms with van der Waals surface area (Å²) in [5.74, 6) is 0. The number of ether oxygens (including phenoxy) is 6. The van der Waals surface area contributed by atoms with Crippen LogP contribution in [0.5, 0.6) is 0 Å². The lowest BCUT2D eigenvalue weighted by Gasteiger charge is -2.42. The van der Waals surface area contributed by atoms with E-state index in [0.29, 0.717) is 13.2 Å². The van der Waals surface area contributed by atoms with E-state index in [-0.39, 0.29) is 24.4 Å². The van der Waals surface area contributed by atoms with Crippen LogP contribution in [0.3, 0.4) is 0 Å². The van der Waals surface area contributed by atoms with Crippen molar-refractivity contribution in [2.24, 2.45) is 0 Å². The van der Waals surface area contributed by atoms with E-state index in [0.717, 1.165) is 16.7 Å². The van der Waals surface area contributed by atoms with Crippen molar-refractivity contribution < 1.29 is 28.4 Å². The van der Waals surface area contributed by atoms with E-state index < -0.39 is 18.9 Å². The van der Waals surface area contributed by atoms with Gasteiger partial charge in [0.1, 0.15) is 24.4 Å². The standard InChI is InChI=1S/C27H26O6/c1-4-10-18(11-5-1)25-28-16-21-23(32-25)24-22(31-27(30-21)20-14-8-3-9-15-20)17-29-26(33-24)19-12-6-2-7-13-19/h1-15,21-27H,16-17H2/t21-,22-,23-,24-,25?,26?,27?/m1/s1. The second-order valence-electron chi connectivity index (χ2n) is 8.44. The Hall–Kier alpha value is -2.58. The van der Waals surface area contributed by atoms with Crippen LogP contribution in [0, 0.1) is 0 Å². The van der Waals surface area contributed by atoms with Crippen LogP contribution in [-0.2, 0) is 28.4 Å². The molecule has 170 valence electrons. The first-order valence-electron chi connectivity index (χ1n) is 11.3. The quantitative estimate of drug-likeness (QED) is 0.582. The molecule has 6 atom stereocenters. The van der Waals surface area contributed by atoms with Crippen molar-refractivity contribution in [3.63, 3.8) is 0 Å². The van der Waals surface area contributed by atoms with Crippen LogP contribution < -0.4 is 0 Å². The molecular weight excluding hydrogens is 420 g/mol. The largest absolute Gasteiger partial charge is 0.346 e. The molecule has 0 radical (unpaired) electrons. The Morgan fingerprint density at radius 3 is 1.18 bits per heavy atom. The Labute approximate surface area is 192 Å². The molecule has 0 aromatic heterocycles. The van der Waals surface area contributed by atoms with E-state index in [1.807, 2.05) is 91.0 Å². The van der Waals surface area contributed by atoms with Crippen molar-refractivity contribution in [1.82, 2.24) is 0 Å². The smallest absolute Gasteiger partial charge is 0.184 e. The number of hydrogen-bond donors (Lipinski definition) is 0. The van der Waals surface area contributed by atoms with Crippen molar-refractivity contribution in [3.8, 4) is 0 Å².